The number of rotatable bonds is 3. The van der Waals surface area contributed by atoms with E-state index in [4.69, 9.17) is 5.11 Å². The molecular weight excluding hydrogens is 196 g/mol. The molecule has 14 heavy (non-hydrogen) atoms. The number of hydrogen-bond donors (Lipinski definition) is 1. The quantitative estimate of drug-likeness (QED) is 0.835. The first kappa shape index (κ1) is 13.0. The van der Waals surface area contributed by atoms with Gasteiger partial charge in [-0.2, -0.15) is 11.8 Å². The normalized spacial score (nSPS) is 8.79. The lowest BCUT2D eigenvalue weighted by Crippen LogP contribution is -2.00. The fraction of sp³-hybridized carbons (Fsp3) is 0.364. The molecule has 0 atom stereocenters. The van der Waals surface area contributed by atoms with E-state index in [1.165, 1.54) is 0 Å². The smallest absolute Gasteiger partial charge is 0.335 e. The second kappa shape index (κ2) is 7.44. The average Bonchev–Trinajstić information content (AvgIpc) is 2.22. The molecule has 1 N–H and O–H groups in total. The Hall–Kier alpha value is -0.960. The Morgan fingerprint density at radius 1 is 1.36 bits per heavy atom. The van der Waals surface area contributed by atoms with Gasteiger partial charge in [-0.25, -0.2) is 4.79 Å². The largest absolute Gasteiger partial charge is 0.478 e. The van der Waals surface area contributed by atoms with Gasteiger partial charge in [-0.05, 0) is 17.9 Å². The van der Waals surface area contributed by atoms with Crippen LogP contribution < -0.4 is 0 Å². The Morgan fingerprint density at radius 3 is 2.43 bits per heavy atom. The second-order valence-electron chi connectivity index (χ2n) is 2.40. The first-order valence-corrected chi connectivity index (χ1v) is 5.95. The van der Waals surface area contributed by atoms with Gasteiger partial charge in [-0.15, -0.1) is 0 Å². The number of carboxylic acid groups (broad SMARTS) is 1. The van der Waals surface area contributed by atoms with Crippen LogP contribution in [0.1, 0.15) is 29.8 Å². The summed E-state index contributed by atoms with van der Waals surface area (Å²) in [6, 6.07) is 7.08. The maximum absolute atomic E-state index is 10.7. The summed E-state index contributed by atoms with van der Waals surface area (Å²) in [6.45, 7) is 4.00. The molecule has 3 heteroatoms. The predicted molar refractivity (Wildman–Crippen MR) is 62.0 cm³/mol. The Balaban J connectivity index is 0.000000791. The Labute approximate surface area is 89.3 Å². The number of aromatic carboxylic acids is 1. The fourth-order valence-corrected chi connectivity index (χ4v) is 1.57. The monoisotopic (exact) mass is 212 g/mol. The van der Waals surface area contributed by atoms with E-state index in [9.17, 15) is 4.79 Å². The number of carbonyl (C=O) groups is 1. The topological polar surface area (TPSA) is 37.3 Å². The molecule has 0 aromatic heterocycles. The zero-order valence-corrected chi connectivity index (χ0v) is 9.60. The van der Waals surface area contributed by atoms with Crippen molar-refractivity contribution >= 4 is 17.7 Å². The van der Waals surface area contributed by atoms with Crippen molar-refractivity contribution in [1.82, 2.24) is 0 Å². The molecule has 0 aliphatic rings. The van der Waals surface area contributed by atoms with Crippen LogP contribution in [0.15, 0.2) is 24.3 Å². The summed E-state index contributed by atoms with van der Waals surface area (Å²) in [5.74, 6) is -0.0951. The zero-order chi connectivity index (χ0) is 11.0. The summed E-state index contributed by atoms with van der Waals surface area (Å²) < 4.78 is 0. The highest BCUT2D eigenvalue weighted by molar-refractivity contribution is 7.97. The van der Waals surface area contributed by atoms with Crippen molar-refractivity contribution in [1.29, 1.82) is 0 Å². The van der Waals surface area contributed by atoms with Gasteiger partial charge in [0.25, 0.3) is 0 Å². The molecule has 1 aromatic carbocycles. The van der Waals surface area contributed by atoms with E-state index in [1.54, 1.807) is 23.9 Å². The highest BCUT2D eigenvalue weighted by atomic mass is 32.2. The van der Waals surface area contributed by atoms with Gasteiger partial charge >= 0.3 is 5.97 Å². The highest BCUT2D eigenvalue weighted by Gasteiger charge is 2.06. The van der Waals surface area contributed by atoms with E-state index >= 15 is 0 Å². The third-order valence-corrected chi connectivity index (χ3v) is 2.15. The lowest BCUT2D eigenvalue weighted by atomic mass is 10.1. The summed E-state index contributed by atoms with van der Waals surface area (Å²) in [7, 11) is 0. The van der Waals surface area contributed by atoms with E-state index in [1.807, 2.05) is 32.2 Å². The molecule has 0 aliphatic carbocycles. The summed E-state index contributed by atoms with van der Waals surface area (Å²) in [5, 5.41) is 8.78. The summed E-state index contributed by atoms with van der Waals surface area (Å²) in [6.07, 6.45) is 1.96. The van der Waals surface area contributed by atoms with Crippen LogP contribution in [0.5, 0.6) is 0 Å². The van der Waals surface area contributed by atoms with Crippen LogP contribution >= 0.6 is 11.8 Å². The van der Waals surface area contributed by atoms with Gasteiger partial charge in [0.05, 0.1) is 5.56 Å². The molecule has 0 saturated heterocycles. The third kappa shape index (κ3) is 3.83. The van der Waals surface area contributed by atoms with Crippen LogP contribution in [-0.2, 0) is 5.75 Å². The van der Waals surface area contributed by atoms with Gasteiger partial charge < -0.3 is 5.11 Å². The van der Waals surface area contributed by atoms with Crippen LogP contribution in [-0.4, -0.2) is 17.3 Å². The minimum atomic E-state index is -0.848. The molecule has 0 spiro atoms. The van der Waals surface area contributed by atoms with E-state index in [0.29, 0.717) is 5.56 Å². The maximum atomic E-state index is 10.7. The van der Waals surface area contributed by atoms with Crippen LogP contribution in [0.25, 0.3) is 0 Å². The van der Waals surface area contributed by atoms with Crippen molar-refractivity contribution in [2.24, 2.45) is 0 Å². The van der Waals surface area contributed by atoms with Gasteiger partial charge in [-0.1, -0.05) is 32.0 Å². The Kier molecular flexibility index (Phi) is 6.93. The van der Waals surface area contributed by atoms with Crippen LogP contribution in [0.2, 0.25) is 0 Å². The number of thioether (sulfide) groups is 1. The minimum absolute atomic E-state index is 0.409. The molecular formula is C11H16O2S. The van der Waals surface area contributed by atoms with Crippen molar-refractivity contribution in [3.63, 3.8) is 0 Å². The summed E-state index contributed by atoms with van der Waals surface area (Å²) in [5.41, 5.74) is 1.30. The number of carboxylic acids is 1. The number of hydrogen-bond acceptors (Lipinski definition) is 2. The SMILES string of the molecule is CC.CSCc1ccccc1C(=O)O. The first-order valence-electron chi connectivity index (χ1n) is 4.56. The molecule has 2 nitrogen and oxygen atoms in total. The molecule has 0 saturated carbocycles. The van der Waals surface area contributed by atoms with Crippen molar-refractivity contribution in [2.45, 2.75) is 19.6 Å². The summed E-state index contributed by atoms with van der Waals surface area (Å²) >= 11 is 1.62. The second-order valence-corrected chi connectivity index (χ2v) is 3.26. The van der Waals surface area contributed by atoms with Crippen LogP contribution in [0.3, 0.4) is 0 Å². The molecule has 0 amide bonds. The van der Waals surface area contributed by atoms with Crippen LogP contribution in [0.4, 0.5) is 0 Å². The zero-order valence-electron chi connectivity index (χ0n) is 8.78. The molecule has 78 valence electrons. The van der Waals surface area contributed by atoms with Crippen molar-refractivity contribution < 1.29 is 9.90 Å². The lowest BCUT2D eigenvalue weighted by Gasteiger charge is -2.02. The molecule has 0 heterocycles. The Morgan fingerprint density at radius 2 is 1.93 bits per heavy atom. The predicted octanol–water partition coefficient (Wildman–Crippen LogP) is 3.27. The van der Waals surface area contributed by atoms with Gasteiger partial charge in [0.2, 0.25) is 0 Å². The fourth-order valence-electron chi connectivity index (χ4n) is 1.01. The summed E-state index contributed by atoms with van der Waals surface area (Å²) in [4.78, 5) is 10.7. The maximum Gasteiger partial charge on any atom is 0.335 e. The van der Waals surface area contributed by atoms with Crippen molar-refractivity contribution in [3.05, 3.63) is 35.4 Å². The number of benzene rings is 1. The van der Waals surface area contributed by atoms with Gasteiger partial charge in [0, 0.05) is 5.75 Å². The van der Waals surface area contributed by atoms with Crippen molar-refractivity contribution in [2.75, 3.05) is 6.26 Å². The molecule has 0 fully saturated rings. The highest BCUT2D eigenvalue weighted by Crippen LogP contribution is 2.14. The van der Waals surface area contributed by atoms with E-state index in [2.05, 4.69) is 0 Å². The van der Waals surface area contributed by atoms with E-state index in [-0.39, 0.29) is 0 Å². The third-order valence-electron chi connectivity index (χ3n) is 1.55. The van der Waals surface area contributed by atoms with Crippen LogP contribution in [0, 0.1) is 0 Å². The molecule has 0 radical (unpaired) electrons. The van der Waals surface area contributed by atoms with Gasteiger partial charge in [0.1, 0.15) is 0 Å². The molecule has 1 aromatic rings. The molecule has 0 bridgehead atoms. The van der Waals surface area contributed by atoms with Crippen molar-refractivity contribution in [3.8, 4) is 0 Å². The standard InChI is InChI=1S/C9H10O2S.C2H6/c1-12-6-7-4-2-3-5-8(7)9(10)11;1-2/h2-5H,6H2,1H3,(H,10,11);1-2H3. The van der Waals surface area contributed by atoms with E-state index < -0.39 is 5.97 Å². The van der Waals surface area contributed by atoms with Gasteiger partial charge in [-0.3, -0.25) is 0 Å². The molecule has 0 unspecified atom stereocenters. The van der Waals surface area contributed by atoms with Gasteiger partial charge in [0.15, 0.2) is 0 Å². The molecule has 0 aliphatic heterocycles. The van der Waals surface area contributed by atoms with E-state index in [0.717, 1.165) is 11.3 Å². The lowest BCUT2D eigenvalue weighted by molar-refractivity contribution is 0.0696. The minimum Gasteiger partial charge on any atom is -0.478 e. The average molecular weight is 212 g/mol. The Bertz CT molecular complexity index is 284. The molecule has 1 rings (SSSR count). The first-order chi connectivity index (χ1) is 6.75.